The van der Waals surface area contributed by atoms with Crippen LogP contribution in [-0.2, 0) is 17.7 Å². The van der Waals surface area contributed by atoms with Gasteiger partial charge in [-0.25, -0.2) is 28.9 Å². The minimum Gasteiger partial charge on any atom is -0.341 e. The molecule has 30 heavy (non-hydrogen) atoms. The summed E-state index contributed by atoms with van der Waals surface area (Å²) < 4.78 is 22.0. The Bertz CT molecular complexity index is 1190. The van der Waals surface area contributed by atoms with Crippen molar-refractivity contribution in [3.8, 4) is 11.3 Å². The Morgan fingerprint density at radius 3 is 2.93 bits per heavy atom. The Morgan fingerprint density at radius 1 is 1.17 bits per heavy atom. The maximum absolute atomic E-state index is 10.7. The highest BCUT2D eigenvalue weighted by atomic mass is 32.2. The number of imidazole rings is 1. The van der Waals surface area contributed by atoms with Crippen molar-refractivity contribution < 1.29 is 8.76 Å². The van der Waals surface area contributed by atoms with Crippen LogP contribution in [0.5, 0.6) is 0 Å². The van der Waals surface area contributed by atoms with Gasteiger partial charge in [0.25, 0.3) is 0 Å². The van der Waals surface area contributed by atoms with Gasteiger partial charge >= 0.3 is 0 Å². The molecule has 0 aliphatic heterocycles. The minimum absolute atomic E-state index is 0.470. The number of hydrogen-bond donors (Lipinski definition) is 4. The van der Waals surface area contributed by atoms with Gasteiger partial charge in [0, 0.05) is 24.0 Å². The van der Waals surface area contributed by atoms with E-state index in [9.17, 15) is 4.21 Å². The molecule has 0 saturated heterocycles. The van der Waals surface area contributed by atoms with Gasteiger partial charge in [-0.05, 0) is 49.1 Å². The molecule has 0 amide bonds. The Kier molecular flexibility index (Phi) is 6.07. The first-order valence-corrected chi connectivity index (χ1v) is 10.5. The van der Waals surface area contributed by atoms with Crippen LogP contribution in [-0.4, -0.2) is 40.2 Å². The molecule has 4 aromatic rings. The summed E-state index contributed by atoms with van der Waals surface area (Å²) in [6.45, 7) is 2.50. The van der Waals surface area contributed by atoms with Gasteiger partial charge < -0.3 is 10.3 Å². The highest BCUT2D eigenvalue weighted by Crippen LogP contribution is 2.31. The number of nitrogens with one attached hydrogen (secondary N) is 3. The van der Waals surface area contributed by atoms with Crippen molar-refractivity contribution in [1.29, 1.82) is 0 Å². The molecule has 1 unspecified atom stereocenters. The molecule has 4 rings (SSSR count). The maximum Gasteiger partial charge on any atom is 0.231 e. The Labute approximate surface area is 175 Å². The number of aromatic nitrogens is 5. The van der Waals surface area contributed by atoms with Crippen molar-refractivity contribution in [3.05, 3.63) is 60.3 Å². The van der Waals surface area contributed by atoms with Crippen molar-refractivity contribution in [2.24, 2.45) is 0 Å². The van der Waals surface area contributed by atoms with Crippen LogP contribution in [0, 0.1) is 6.92 Å². The predicted molar refractivity (Wildman–Crippen MR) is 116 cm³/mol. The van der Waals surface area contributed by atoms with Crippen LogP contribution in [0.25, 0.3) is 22.4 Å². The molecule has 9 nitrogen and oxygen atoms in total. The lowest BCUT2D eigenvalue weighted by molar-refractivity contribution is 0.547. The molecule has 0 fully saturated rings. The van der Waals surface area contributed by atoms with Gasteiger partial charge in [0.05, 0.1) is 6.33 Å². The zero-order valence-electron chi connectivity index (χ0n) is 16.3. The zero-order valence-corrected chi connectivity index (χ0v) is 17.1. The standard InChI is InChI=1S/C20H21N7O2S/c1-13-6-7-14(4-2-9-26-30(28)29)10-16(13)27-19-15(5-3-8-21-19)17-18-20(24-11-22-17)25-12-23-18/h3,5-8,10-12,26H,2,4,9H2,1H3,(H,21,27)(H,28,29)(H,22,23,24,25). The van der Waals surface area contributed by atoms with E-state index in [0.29, 0.717) is 18.0 Å². The molecular weight excluding hydrogens is 402 g/mol. The largest absolute Gasteiger partial charge is 0.341 e. The normalized spacial score (nSPS) is 12.2. The first-order valence-electron chi connectivity index (χ1n) is 9.42. The van der Waals surface area contributed by atoms with Crippen LogP contribution in [0.4, 0.5) is 11.5 Å². The third kappa shape index (κ3) is 4.51. The van der Waals surface area contributed by atoms with Crippen LogP contribution >= 0.6 is 0 Å². The van der Waals surface area contributed by atoms with E-state index in [2.05, 4.69) is 53.2 Å². The molecule has 3 aromatic heterocycles. The molecular formula is C20H21N7O2S. The van der Waals surface area contributed by atoms with Gasteiger partial charge in [-0.15, -0.1) is 0 Å². The lowest BCUT2D eigenvalue weighted by atomic mass is 10.1. The lowest BCUT2D eigenvalue weighted by Crippen LogP contribution is -2.17. The van der Waals surface area contributed by atoms with E-state index in [1.54, 1.807) is 12.5 Å². The van der Waals surface area contributed by atoms with Crippen LogP contribution in [0.15, 0.2) is 49.2 Å². The van der Waals surface area contributed by atoms with Crippen molar-refractivity contribution in [2.75, 3.05) is 11.9 Å². The molecule has 1 atom stereocenters. The van der Waals surface area contributed by atoms with Gasteiger partial charge in [0.1, 0.15) is 23.4 Å². The molecule has 4 N–H and O–H groups in total. The second-order valence-corrected chi connectivity index (χ2v) is 7.53. The third-order valence-electron chi connectivity index (χ3n) is 4.71. The number of hydrogen-bond acceptors (Lipinski definition) is 6. The summed E-state index contributed by atoms with van der Waals surface area (Å²) in [5.74, 6) is 0.685. The highest BCUT2D eigenvalue weighted by Gasteiger charge is 2.14. The fourth-order valence-electron chi connectivity index (χ4n) is 3.20. The number of anilines is 2. The Hall–Kier alpha value is -3.21. The van der Waals surface area contributed by atoms with E-state index in [4.69, 9.17) is 4.55 Å². The molecule has 0 spiro atoms. The molecule has 154 valence electrons. The van der Waals surface area contributed by atoms with E-state index in [-0.39, 0.29) is 0 Å². The highest BCUT2D eigenvalue weighted by molar-refractivity contribution is 7.77. The molecule has 3 heterocycles. The second-order valence-electron chi connectivity index (χ2n) is 6.74. The average Bonchev–Trinajstić information content (AvgIpc) is 3.23. The zero-order chi connectivity index (χ0) is 20.9. The van der Waals surface area contributed by atoms with Crippen LogP contribution < -0.4 is 10.0 Å². The van der Waals surface area contributed by atoms with Crippen LogP contribution in [0.1, 0.15) is 17.5 Å². The summed E-state index contributed by atoms with van der Waals surface area (Å²) >= 11 is -1.97. The summed E-state index contributed by atoms with van der Waals surface area (Å²) in [6.07, 6.45) is 6.37. The van der Waals surface area contributed by atoms with Crippen LogP contribution in [0.3, 0.4) is 0 Å². The predicted octanol–water partition coefficient (Wildman–Crippen LogP) is 3.13. The molecule has 0 aliphatic carbocycles. The number of benzene rings is 1. The maximum atomic E-state index is 10.7. The van der Waals surface area contributed by atoms with E-state index in [1.165, 1.54) is 6.33 Å². The van der Waals surface area contributed by atoms with Gasteiger partial charge in [-0.3, -0.25) is 4.55 Å². The van der Waals surface area contributed by atoms with E-state index in [1.807, 2.05) is 19.1 Å². The fraction of sp³-hybridized carbons (Fsp3) is 0.200. The first-order chi connectivity index (χ1) is 14.6. The van der Waals surface area contributed by atoms with Gasteiger partial charge in [0.2, 0.25) is 11.3 Å². The number of aromatic amines is 1. The van der Waals surface area contributed by atoms with E-state index < -0.39 is 11.3 Å². The van der Waals surface area contributed by atoms with Gasteiger partial charge in [-0.2, -0.15) is 0 Å². The monoisotopic (exact) mass is 423 g/mol. The number of nitrogens with zero attached hydrogens (tertiary/aromatic N) is 4. The van der Waals surface area contributed by atoms with E-state index >= 15 is 0 Å². The lowest BCUT2D eigenvalue weighted by Gasteiger charge is -2.14. The van der Waals surface area contributed by atoms with Gasteiger partial charge in [-0.1, -0.05) is 12.1 Å². The second kappa shape index (κ2) is 9.08. The van der Waals surface area contributed by atoms with Crippen LogP contribution in [0.2, 0.25) is 0 Å². The number of H-pyrrole nitrogens is 1. The number of rotatable bonds is 8. The number of pyridine rings is 1. The van der Waals surface area contributed by atoms with E-state index in [0.717, 1.165) is 46.4 Å². The van der Waals surface area contributed by atoms with Crippen molar-refractivity contribution >= 4 is 33.9 Å². The van der Waals surface area contributed by atoms with Crippen molar-refractivity contribution in [1.82, 2.24) is 29.6 Å². The fourth-order valence-corrected chi connectivity index (χ4v) is 3.52. The summed E-state index contributed by atoms with van der Waals surface area (Å²) in [4.78, 5) is 20.5. The summed E-state index contributed by atoms with van der Waals surface area (Å²) in [6, 6.07) is 10.0. The quantitative estimate of drug-likeness (QED) is 0.253. The van der Waals surface area contributed by atoms with Crippen molar-refractivity contribution in [2.45, 2.75) is 19.8 Å². The number of fused-ring (bicyclic) bond motifs is 1. The molecule has 0 bridgehead atoms. The summed E-state index contributed by atoms with van der Waals surface area (Å²) in [7, 11) is 0. The smallest absolute Gasteiger partial charge is 0.231 e. The average molecular weight is 424 g/mol. The SMILES string of the molecule is Cc1ccc(CCCNS(=O)O)cc1Nc1ncccc1-c1ncnc2nc[nH]c12. The molecule has 0 saturated carbocycles. The molecule has 0 radical (unpaired) electrons. The van der Waals surface area contributed by atoms with Gasteiger partial charge in [0.15, 0.2) is 5.65 Å². The Morgan fingerprint density at radius 2 is 2.07 bits per heavy atom. The van der Waals surface area contributed by atoms with Crippen molar-refractivity contribution in [3.63, 3.8) is 0 Å². The summed E-state index contributed by atoms with van der Waals surface area (Å²) in [5, 5.41) is 3.44. The molecule has 1 aromatic carbocycles. The molecule has 0 aliphatic rings. The topological polar surface area (TPSA) is 129 Å². The first kappa shape index (κ1) is 20.1. The molecule has 10 heteroatoms. The third-order valence-corrected chi connectivity index (χ3v) is 5.16. The Balaban J connectivity index is 1.60. The number of aryl methyl sites for hydroxylation is 2. The minimum atomic E-state index is -1.97. The summed E-state index contributed by atoms with van der Waals surface area (Å²) in [5.41, 5.74) is 6.08.